The van der Waals surface area contributed by atoms with Gasteiger partial charge in [0, 0.05) is 18.5 Å². The van der Waals surface area contributed by atoms with Gasteiger partial charge in [0.05, 0.1) is 12.0 Å². The van der Waals surface area contributed by atoms with Crippen molar-refractivity contribution in [3.63, 3.8) is 0 Å². The molecule has 30 heavy (non-hydrogen) atoms. The number of carbonyl (C=O) groups excluding carboxylic acids is 2. The lowest BCUT2D eigenvalue weighted by atomic mass is 9.66. The Labute approximate surface area is 177 Å². The molecule has 150 valence electrons. The highest BCUT2D eigenvalue weighted by molar-refractivity contribution is 6.09. The lowest BCUT2D eigenvalue weighted by Gasteiger charge is -2.34. The first-order valence-corrected chi connectivity index (χ1v) is 10.7. The number of hydrogen-bond acceptors (Lipinski definition) is 2. The van der Waals surface area contributed by atoms with Crippen LogP contribution < -0.4 is 4.90 Å². The minimum Gasteiger partial charge on any atom is -0.307 e. The van der Waals surface area contributed by atoms with Crippen molar-refractivity contribution in [2.45, 2.75) is 37.6 Å². The molecule has 1 aliphatic carbocycles. The molecular weight excluding hydrogens is 370 g/mol. The maximum Gasteiger partial charge on any atom is 0.238 e. The van der Waals surface area contributed by atoms with Gasteiger partial charge in [-0.25, -0.2) is 0 Å². The molecule has 1 saturated carbocycles. The van der Waals surface area contributed by atoms with E-state index in [1.54, 1.807) is 0 Å². The summed E-state index contributed by atoms with van der Waals surface area (Å²) in [4.78, 5) is 28.4. The van der Waals surface area contributed by atoms with E-state index in [1.807, 2.05) is 53.4 Å². The fourth-order valence-electron chi connectivity index (χ4n) is 5.34. The van der Waals surface area contributed by atoms with Gasteiger partial charge in [-0.05, 0) is 41.5 Å². The quantitative estimate of drug-likeness (QED) is 0.604. The van der Waals surface area contributed by atoms with Gasteiger partial charge in [-0.1, -0.05) is 78.9 Å². The van der Waals surface area contributed by atoms with Crippen LogP contribution in [0.25, 0.3) is 0 Å². The Bertz CT molecular complexity index is 1080. The molecule has 1 heterocycles. The number of benzene rings is 3. The summed E-state index contributed by atoms with van der Waals surface area (Å²) in [6.45, 7) is 0.549. The average Bonchev–Trinajstić information content (AvgIpc) is 3.32. The average molecular weight is 396 g/mol. The lowest BCUT2D eigenvalue weighted by molar-refractivity contribution is -0.125. The Morgan fingerprint density at radius 1 is 0.800 bits per heavy atom. The van der Waals surface area contributed by atoms with Crippen LogP contribution in [0, 0.1) is 5.92 Å². The molecule has 0 spiro atoms. The summed E-state index contributed by atoms with van der Waals surface area (Å²) in [7, 11) is 0. The molecule has 3 heteroatoms. The fraction of sp³-hybridized carbons (Fsp3) is 0.259. The molecule has 0 saturated heterocycles. The van der Waals surface area contributed by atoms with Crippen molar-refractivity contribution >= 4 is 17.4 Å². The second kappa shape index (κ2) is 7.56. The highest BCUT2D eigenvalue weighted by atomic mass is 16.2. The number of para-hydroxylation sites is 1. The van der Waals surface area contributed by atoms with E-state index in [0.29, 0.717) is 25.8 Å². The van der Waals surface area contributed by atoms with Gasteiger partial charge in [0.25, 0.3) is 0 Å². The third-order valence-electron chi connectivity index (χ3n) is 6.75. The van der Waals surface area contributed by atoms with Crippen LogP contribution in [-0.2, 0) is 28.0 Å². The van der Waals surface area contributed by atoms with Crippen LogP contribution in [0.3, 0.4) is 0 Å². The first-order valence-electron chi connectivity index (χ1n) is 10.7. The molecule has 3 aromatic rings. The lowest BCUT2D eigenvalue weighted by Crippen LogP contribution is -2.46. The number of fused-ring (bicyclic) bond motifs is 1. The monoisotopic (exact) mass is 395 g/mol. The Balaban J connectivity index is 1.63. The van der Waals surface area contributed by atoms with Crippen LogP contribution in [0.4, 0.5) is 5.69 Å². The predicted octanol–water partition coefficient (Wildman–Crippen LogP) is 5.08. The van der Waals surface area contributed by atoms with Gasteiger partial charge in [-0.3, -0.25) is 9.59 Å². The molecule has 0 aromatic heterocycles. The van der Waals surface area contributed by atoms with Gasteiger partial charge in [0.2, 0.25) is 5.91 Å². The van der Waals surface area contributed by atoms with Crippen LogP contribution in [-0.4, -0.2) is 11.7 Å². The number of Topliss-reactive ketones (excluding diaryl/α,β-unsaturated/α-hetero) is 1. The number of nitrogens with zero attached hydrogens (tertiary/aromatic N) is 1. The Hall–Kier alpha value is -3.20. The summed E-state index contributed by atoms with van der Waals surface area (Å²) in [5.74, 6) is 0.454. The van der Waals surface area contributed by atoms with E-state index in [1.165, 1.54) is 0 Å². The standard InChI is InChI=1S/C27H25NO2/c29-23-16-15-22(17-23)27(18-20-9-3-1-4-10-20)24-13-7-8-14-25(24)28(26(27)30)19-21-11-5-2-6-12-21/h1-14,22H,15-19H2/t22-,27+/m1/s1. The Kier molecular flexibility index (Phi) is 4.74. The highest BCUT2D eigenvalue weighted by Crippen LogP contribution is 2.52. The van der Waals surface area contributed by atoms with E-state index >= 15 is 0 Å². The molecule has 1 aliphatic heterocycles. The maximum absolute atomic E-state index is 14.2. The zero-order valence-electron chi connectivity index (χ0n) is 17.0. The molecule has 0 bridgehead atoms. The molecule has 0 unspecified atom stereocenters. The van der Waals surface area contributed by atoms with Crippen molar-refractivity contribution in [2.75, 3.05) is 4.90 Å². The molecule has 2 aliphatic rings. The zero-order valence-corrected chi connectivity index (χ0v) is 17.0. The second-order valence-electron chi connectivity index (χ2n) is 8.51. The Morgan fingerprint density at radius 2 is 1.43 bits per heavy atom. The molecule has 3 nitrogen and oxygen atoms in total. The maximum atomic E-state index is 14.2. The van der Waals surface area contributed by atoms with Crippen LogP contribution in [0.5, 0.6) is 0 Å². The van der Waals surface area contributed by atoms with Crippen molar-refractivity contribution in [3.05, 3.63) is 102 Å². The van der Waals surface area contributed by atoms with Crippen LogP contribution >= 0.6 is 0 Å². The van der Waals surface area contributed by atoms with Crippen molar-refractivity contribution in [1.82, 2.24) is 0 Å². The van der Waals surface area contributed by atoms with Crippen molar-refractivity contribution < 1.29 is 9.59 Å². The summed E-state index contributed by atoms with van der Waals surface area (Å²) in [5.41, 5.74) is 3.63. The summed E-state index contributed by atoms with van der Waals surface area (Å²) in [6.07, 6.45) is 2.49. The van der Waals surface area contributed by atoms with E-state index in [9.17, 15) is 9.59 Å². The zero-order chi connectivity index (χ0) is 20.6. The SMILES string of the molecule is O=C1CC[C@@H]([C@]2(Cc3ccccc3)C(=O)N(Cc3ccccc3)c3ccccc32)C1. The predicted molar refractivity (Wildman–Crippen MR) is 118 cm³/mol. The third-order valence-corrected chi connectivity index (χ3v) is 6.75. The number of hydrogen-bond donors (Lipinski definition) is 0. The minimum atomic E-state index is -0.682. The molecule has 0 radical (unpaired) electrons. The van der Waals surface area contributed by atoms with Gasteiger partial charge in [0.1, 0.15) is 5.78 Å². The second-order valence-corrected chi connectivity index (χ2v) is 8.51. The number of amides is 1. The van der Waals surface area contributed by atoms with Crippen molar-refractivity contribution in [1.29, 1.82) is 0 Å². The van der Waals surface area contributed by atoms with Gasteiger partial charge >= 0.3 is 0 Å². The van der Waals surface area contributed by atoms with Crippen LogP contribution in [0.15, 0.2) is 84.9 Å². The van der Waals surface area contributed by atoms with Gasteiger partial charge in [0.15, 0.2) is 0 Å². The molecule has 1 fully saturated rings. The molecular formula is C27H25NO2. The molecule has 5 rings (SSSR count). The smallest absolute Gasteiger partial charge is 0.238 e. The molecule has 1 amide bonds. The molecule has 2 atom stereocenters. The highest BCUT2D eigenvalue weighted by Gasteiger charge is 2.56. The summed E-state index contributed by atoms with van der Waals surface area (Å²) >= 11 is 0. The van der Waals surface area contributed by atoms with E-state index < -0.39 is 5.41 Å². The summed E-state index contributed by atoms with van der Waals surface area (Å²) < 4.78 is 0. The van der Waals surface area contributed by atoms with Crippen LogP contribution in [0.1, 0.15) is 36.0 Å². The normalized spacial score (nSPS) is 23.1. The third kappa shape index (κ3) is 3.06. The fourth-order valence-corrected chi connectivity index (χ4v) is 5.34. The first kappa shape index (κ1) is 18.8. The summed E-state index contributed by atoms with van der Waals surface area (Å²) in [6, 6.07) is 28.5. The number of anilines is 1. The van der Waals surface area contributed by atoms with E-state index in [0.717, 1.165) is 28.8 Å². The van der Waals surface area contributed by atoms with Crippen LogP contribution in [0.2, 0.25) is 0 Å². The van der Waals surface area contributed by atoms with Gasteiger partial charge in [-0.15, -0.1) is 0 Å². The molecule has 0 N–H and O–H groups in total. The number of rotatable bonds is 5. The van der Waals surface area contributed by atoms with Crippen molar-refractivity contribution in [2.24, 2.45) is 5.92 Å². The Morgan fingerprint density at radius 3 is 2.10 bits per heavy atom. The number of ketones is 1. The van der Waals surface area contributed by atoms with Crippen molar-refractivity contribution in [3.8, 4) is 0 Å². The van der Waals surface area contributed by atoms with E-state index in [4.69, 9.17) is 0 Å². The van der Waals surface area contributed by atoms with Gasteiger partial charge < -0.3 is 4.90 Å². The minimum absolute atomic E-state index is 0.0413. The van der Waals surface area contributed by atoms with Gasteiger partial charge in [-0.2, -0.15) is 0 Å². The number of carbonyl (C=O) groups is 2. The largest absolute Gasteiger partial charge is 0.307 e. The summed E-state index contributed by atoms with van der Waals surface area (Å²) in [5, 5.41) is 0. The molecule has 3 aromatic carbocycles. The van der Waals surface area contributed by atoms with E-state index in [-0.39, 0.29) is 17.6 Å². The first-order chi connectivity index (χ1) is 14.7. The van der Waals surface area contributed by atoms with E-state index in [2.05, 4.69) is 36.4 Å². The topological polar surface area (TPSA) is 37.4 Å².